The zero-order chi connectivity index (χ0) is 21.3. The average molecular weight is 427 g/mol. The van der Waals surface area contributed by atoms with Crippen molar-refractivity contribution < 1.29 is 14.3 Å². The number of carbonyl (C=O) groups is 1. The molecule has 0 unspecified atom stereocenters. The lowest BCUT2D eigenvalue weighted by Gasteiger charge is -2.34. The highest BCUT2D eigenvalue weighted by Crippen LogP contribution is 2.38. The predicted octanol–water partition coefficient (Wildman–Crippen LogP) is 4.65. The largest absolute Gasteiger partial charge is 0.497 e. The summed E-state index contributed by atoms with van der Waals surface area (Å²) in [6.45, 7) is 5.19. The Morgan fingerprint density at radius 2 is 2.07 bits per heavy atom. The van der Waals surface area contributed by atoms with Crippen molar-refractivity contribution >= 4 is 39.0 Å². The van der Waals surface area contributed by atoms with Crippen molar-refractivity contribution in [1.29, 1.82) is 0 Å². The van der Waals surface area contributed by atoms with Gasteiger partial charge < -0.3 is 19.7 Å². The van der Waals surface area contributed by atoms with Crippen molar-refractivity contribution in [2.45, 2.75) is 39.2 Å². The number of anilines is 2. The SMILES string of the molecule is COc1ccc(NC(=O)c2sc3ncnc(N4CCCC[C@H]4C)c3c2C)c(OC)c1. The van der Waals surface area contributed by atoms with Crippen LogP contribution in [0, 0.1) is 6.92 Å². The molecule has 158 valence electrons. The molecular weight excluding hydrogens is 400 g/mol. The quantitative estimate of drug-likeness (QED) is 0.640. The number of nitrogens with one attached hydrogen (secondary N) is 1. The Hall–Kier alpha value is -2.87. The second kappa shape index (κ2) is 8.47. The van der Waals surface area contributed by atoms with Crippen LogP contribution in [-0.2, 0) is 0 Å². The molecule has 0 aliphatic carbocycles. The Morgan fingerprint density at radius 1 is 1.23 bits per heavy atom. The van der Waals surface area contributed by atoms with Gasteiger partial charge in [0.2, 0.25) is 0 Å². The van der Waals surface area contributed by atoms with Gasteiger partial charge in [-0.15, -0.1) is 11.3 Å². The number of carbonyl (C=O) groups excluding carboxylic acids is 1. The van der Waals surface area contributed by atoms with E-state index in [0.29, 0.717) is 28.1 Å². The van der Waals surface area contributed by atoms with Gasteiger partial charge in [-0.3, -0.25) is 4.79 Å². The van der Waals surface area contributed by atoms with Gasteiger partial charge in [0, 0.05) is 18.7 Å². The fourth-order valence-electron chi connectivity index (χ4n) is 3.98. The number of piperidine rings is 1. The van der Waals surface area contributed by atoms with Crippen LogP contribution in [0.15, 0.2) is 24.5 Å². The van der Waals surface area contributed by atoms with Crippen LogP contribution in [-0.4, -0.2) is 42.7 Å². The summed E-state index contributed by atoms with van der Waals surface area (Å²) in [5, 5.41) is 3.94. The summed E-state index contributed by atoms with van der Waals surface area (Å²) in [5.41, 5.74) is 1.50. The summed E-state index contributed by atoms with van der Waals surface area (Å²) in [6.07, 6.45) is 5.15. The summed E-state index contributed by atoms with van der Waals surface area (Å²) >= 11 is 1.40. The molecule has 1 aromatic carbocycles. The molecule has 1 amide bonds. The van der Waals surface area contributed by atoms with E-state index in [1.807, 2.05) is 6.92 Å². The Morgan fingerprint density at radius 3 is 2.80 bits per heavy atom. The number of ether oxygens (including phenoxy) is 2. The molecule has 1 fully saturated rings. The molecule has 1 saturated heterocycles. The molecule has 0 radical (unpaired) electrons. The molecule has 0 saturated carbocycles. The predicted molar refractivity (Wildman–Crippen MR) is 120 cm³/mol. The van der Waals surface area contributed by atoms with Crippen LogP contribution in [0.5, 0.6) is 11.5 Å². The van der Waals surface area contributed by atoms with Crippen molar-refractivity contribution in [3.05, 3.63) is 35.0 Å². The Labute approximate surface area is 180 Å². The number of fused-ring (bicyclic) bond motifs is 1. The summed E-state index contributed by atoms with van der Waals surface area (Å²) < 4.78 is 10.6. The van der Waals surface area contributed by atoms with Crippen LogP contribution in [0.4, 0.5) is 11.5 Å². The van der Waals surface area contributed by atoms with Gasteiger partial charge in [-0.2, -0.15) is 0 Å². The molecule has 1 N–H and O–H groups in total. The number of aryl methyl sites for hydroxylation is 1. The minimum atomic E-state index is -0.184. The van der Waals surface area contributed by atoms with E-state index in [0.717, 1.165) is 41.0 Å². The topological polar surface area (TPSA) is 76.6 Å². The molecule has 1 aliphatic heterocycles. The van der Waals surface area contributed by atoms with E-state index >= 15 is 0 Å². The fraction of sp³-hybridized carbons (Fsp3) is 0.409. The van der Waals surface area contributed by atoms with Crippen LogP contribution < -0.4 is 19.7 Å². The number of rotatable bonds is 5. The molecule has 8 heteroatoms. The summed E-state index contributed by atoms with van der Waals surface area (Å²) in [4.78, 5) is 26.0. The normalized spacial score (nSPS) is 16.5. The van der Waals surface area contributed by atoms with Gasteiger partial charge in [0.15, 0.2) is 0 Å². The third-order valence-corrected chi connectivity index (χ3v) is 6.84. The molecule has 2 aromatic heterocycles. The highest BCUT2D eigenvalue weighted by atomic mass is 32.1. The molecule has 1 aliphatic rings. The Bertz CT molecular complexity index is 1080. The first-order valence-corrected chi connectivity index (χ1v) is 10.9. The van der Waals surface area contributed by atoms with E-state index in [2.05, 4.69) is 27.1 Å². The smallest absolute Gasteiger partial charge is 0.266 e. The van der Waals surface area contributed by atoms with Gasteiger partial charge in [0.05, 0.1) is 30.2 Å². The average Bonchev–Trinajstić information content (AvgIpc) is 3.11. The van der Waals surface area contributed by atoms with E-state index in [-0.39, 0.29) is 5.91 Å². The number of methoxy groups -OCH3 is 2. The van der Waals surface area contributed by atoms with Crippen molar-refractivity contribution in [3.8, 4) is 11.5 Å². The van der Waals surface area contributed by atoms with E-state index in [4.69, 9.17) is 9.47 Å². The summed E-state index contributed by atoms with van der Waals surface area (Å²) in [5.74, 6) is 1.96. The van der Waals surface area contributed by atoms with Gasteiger partial charge in [-0.05, 0) is 50.8 Å². The first-order valence-electron chi connectivity index (χ1n) is 10.1. The molecule has 3 heterocycles. The van der Waals surface area contributed by atoms with Gasteiger partial charge in [-0.1, -0.05) is 0 Å². The number of benzene rings is 1. The lowest BCUT2D eigenvalue weighted by atomic mass is 10.0. The van der Waals surface area contributed by atoms with Crippen LogP contribution in [0.2, 0.25) is 0 Å². The van der Waals surface area contributed by atoms with E-state index < -0.39 is 0 Å². The molecule has 0 bridgehead atoms. The third kappa shape index (κ3) is 3.67. The second-order valence-corrected chi connectivity index (χ2v) is 8.49. The standard InChI is InChI=1S/C22H26N4O3S/c1-13-7-5-6-10-26(13)20-18-14(2)19(30-22(18)24-12-23-20)21(27)25-16-9-8-15(28-3)11-17(16)29-4/h8-9,11-13H,5-7,10H2,1-4H3,(H,25,27)/t13-/m1/s1. The monoisotopic (exact) mass is 426 g/mol. The highest BCUT2D eigenvalue weighted by molar-refractivity contribution is 7.20. The van der Waals surface area contributed by atoms with Crippen molar-refractivity contribution in [2.24, 2.45) is 0 Å². The van der Waals surface area contributed by atoms with E-state index in [1.54, 1.807) is 38.7 Å². The number of hydrogen-bond acceptors (Lipinski definition) is 7. The first kappa shape index (κ1) is 20.4. The molecule has 30 heavy (non-hydrogen) atoms. The maximum Gasteiger partial charge on any atom is 0.266 e. The minimum Gasteiger partial charge on any atom is -0.497 e. The van der Waals surface area contributed by atoms with E-state index in [1.165, 1.54) is 17.8 Å². The maximum absolute atomic E-state index is 13.1. The minimum absolute atomic E-state index is 0.184. The van der Waals surface area contributed by atoms with Crippen LogP contribution in [0.3, 0.4) is 0 Å². The molecular formula is C22H26N4O3S. The molecule has 4 rings (SSSR count). The van der Waals surface area contributed by atoms with Crippen LogP contribution in [0.25, 0.3) is 10.2 Å². The first-order chi connectivity index (χ1) is 14.5. The zero-order valence-electron chi connectivity index (χ0n) is 17.7. The molecule has 1 atom stereocenters. The fourth-order valence-corrected chi connectivity index (χ4v) is 5.02. The number of aromatic nitrogens is 2. The molecule has 0 spiro atoms. The van der Waals surface area contributed by atoms with Gasteiger partial charge in [0.25, 0.3) is 5.91 Å². The molecule has 3 aromatic rings. The van der Waals surface area contributed by atoms with E-state index in [9.17, 15) is 4.79 Å². The highest BCUT2D eigenvalue weighted by Gasteiger charge is 2.26. The lowest BCUT2D eigenvalue weighted by molar-refractivity contribution is 0.102. The number of hydrogen-bond donors (Lipinski definition) is 1. The van der Waals surface area contributed by atoms with Gasteiger partial charge in [0.1, 0.15) is 28.5 Å². The Balaban J connectivity index is 1.69. The number of nitrogens with zero attached hydrogens (tertiary/aromatic N) is 3. The van der Waals surface area contributed by atoms with Crippen molar-refractivity contribution in [2.75, 3.05) is 31.0 Å². The van der Waals surface area contributed by atoms with Crippen LogP contribution >= 0.6 is 11.3 Å². The summed E-state index contributed by atoms with van der Waals surface area (Å²) in [6, 6.07) is 5.74. The van der Waals surface area contributed by atoms with Gasteiger partial charge in [-0.25, -0.2) is 9.97 Å². The van der Waals surface area contributed by atoms with Crippen molar-refractivity contribution in [1.82, 2.24) is 9.97 Å². The maximum atomic E-state index is 13.1. The third-order valence-electron chi connectivity index (χ3n) is 5.64. The number of amides is 1. The van der Waals surface area contributed by atoms with Crippen molar-refractivity contribution in [3.63, 3.8) is 0 Å². The zero-order valence-corrected chi connectivity index (χ0v) is 18.5. The molecule has 7 nitrogen and oxygen atoms in total. The van der Waals surface area contributed by atoms with Crippen LogP contribution in [0.1, 0.15) is 41.4 Å². The Kier molecular flexibility index (Phi) is 5.76. The summed E-state index contributed by atoms with van der Waals surface area (Å²) in [7, 11) is 3.16. The number of thiophene rings is 1. The lowest BCUT2D eigenvalue weighted by Crippen LogP contribution is -2.38. The van der Waals surface area contributed by atoms with Gasteiger partial charge >= 0.3 is 0 Å². The second-order valence-electron chi connectivity index (χ2n) is 7.49.